The van der Waals surface area contributed by atoms with E-state index in [1.807, 2.05) is 0 Å². The van der Waals surface area contributed by atoms with Crippen LogP contribution in [-0.2, 0) is 20.8 Å². The maximum atomic E-state index is 12.9. The highest BCUT2D eigenvalue weighted by Crippen LogP contribution is 2.27. The van der Waals surface area contributed by atoms with Gasteiger partial charge in [0.15, 0.2) is 0 Å². The van der Waals surface area contributed by atoms with Crippen molar-refractivity contribution in [1.82, 2.24) is 9.55 Å². The Kier molecular flexibility index (Phi) is 7.09. The molecule has 2 heterocycles. The number of esters is 1. The van der Waals surface area contributed by atoms with Crippen LogP contribution < -0.4 is 10.9 Å². The van der Waals surface area contributed by atoms with E-state index in [4.69, 9.17) is 32.7 Å². The summed E-state index contributed by atoms with van der Waals surface area (Å²) in [5.74, 6) is -1.00. The molecule has 0 fully saturated rings. The predicted octanol–water partition coefficient (Wildman–Crippen LogP) is 3.52. The van der Waals surface area contributed by atoms with Gasteiger partial charge < -0.3 is 14.8 Å². The molecule has 3 rings (SSSR count). The number of halogens is 2. The lowest BCUT2D eigenvalue weighted by atomic mass is 10.2. The number of nitrogens with zero attached hydrogens (tertiary/aromatic N) is 2. The Labute approximate surface area is 185 Å². The number of carbonyl (C=O) groups is 2. The van der Waals surface area contributed by atoms with Crippen LogP contribution in [0.2, 0.25) is 10.0 Å². The normalized spacial score (nSPS) is 10.9. The second-order valence-electron chi connectivity index (χ2n) is 6.25. The maximum absolute atomic E-state index is 12.9. The standard InChI is InChI=1S/C19H17Cl2N3O5S/c1-10-15-17(30-16(10)19(27)29-4-3-28-2)22-9-24(18(15)26)8-14(25)23-13-6-11(20)5-12(21)7-13/h5-7,9H,3-4,8H2,1-2H3,(H,23,25). The number of fused-ring (bicyclic) bond motifs is 1. The van der Waals surface area contributed by atoms with Crippen molar-refractivity contribution >= 4 is 62.3 Å². The molecule has 0 bridgehead atoms. The van der Waals surface area contributed by atoms with Crippen LogP contribution in [0.25, 0.3) is 10.2 Å². The molecule has 0 radical (unpaired) electrons. The highest BCUT2D eigenvalue weighted by molar-refractivity contribution is 7.20. The Morgan fingerprint density at radius 2 is 1.90 bits per heavy atom. The van der Waals surface area contributed by atoms with Crippen molar-refractivity contribution in [3.63, 3.8) is 0 Å². The zero-order valence-corrected chi connectivity index (χ0v) is 18.4. The monoisotopic (exact) mass is 469 g/mol. The van der Waals surface area contributed by atoms with Crippen molar-refractivity contribution < 1.29 is 19.1 Å². The van der Waals surface area contributed by atoms with Gasteiger partial charge in [-0.25, -0.2) is 9.78 Å². The number of carbonyl (C=O) groups excluding carboxylic acids is 2. The molecule has 1 amide bonds. The van der Waals surface area contributed by atoms with Gasteiger partial charge in [-0.3, -0.25) is 14.2 Å². The van der Waals surface area contributed by atoms with Gasteiger partial charge in [0.2, 0.25) is 5.91 Å². The van der Waals surface area contributed by atoms with Gasteiger partial charge >= 0.3 is 5.97 Å². The Hall–Kier alpha value is -2.46. The van der Waals surface area contributed by atoms with Gasteiger partial charge in [0.1, 0.15) is 22.9 Å². The van der Waals surface area contributed by atoms with E-state index < -0.39 is 17.4 Å². The first-order valence-corrected chi connectivity index (χ1v) is 10.3. The van der Waals surface area contributed by atoms with Crippen molar-refractivity contribution in [2.45, 2.75) is 13.5 Å². The topological polar surface area (TPSA) is 99.5 Å². The lowest BCUT2D eigenvalue weighted by Gasteiger charge is -2.08. The van der Waals surface area contributed by atoms with E-state index in [1.54, 1.807) is 25.1 Å². The summed E-state index contributed by atoms with van der Waals surface area (Å²) in [7, 11) is 1.50. The fourth-order valence-corrected chi connectivity index (χ4v) is 4.29. The summed E-state index contributed by atoms with van der Waals surface area (Å²) in [6.45, 7) is 1.75. The summed E-state index contributed by atoms with van der Waals surface area (Å²) in [5.41, 5.74) is 0.447. The minimum atomic E-state index is -0.547. The molecular weight excluding hydrogens is 453 g/mol. The SMILES string of the molecule is COCCOC(=O)c1sc2ncn(CC(=O)Nc3cc(Cl)cc(Cl)c3)c(=O)c2c1C. The quantitative estimate of drug-likeness (QED) is 0.419. The molecule has 1 aromatic carbocycles. The maximum Gasteiger partial charge on any atom is 0.348 e. The number of aryl methyl sites for hydroxylation is 1. The van der Waals surface area contributed by atoms with Crippen molar-refractivity contribution in [3.05, 3.63) is 55.4 Å². The minimum Gasteiger partial charge on any atom is -0.459 e. The fraction of sp³-hybridized carbons (Fsp3) is 0.263. The van der Waals surface area contributed by atoms with Crippen LogP contribution in [0.5, 0.6) is 0 Å². The number of hydrogen-bond acceptors (Lipinski definition) is 7. The summed E-state index contributed by atoms with van der Waals surface area (Å²) in [6, 6.07) is 4.62. The Morgan fingerprint density at radius 1 is 1.20 bits per heavy atom. The second kappa shape index (κ2) is 9.57. The number of rotatable bonds is 7. The molecule has 0 saturated heterocycles. The van der Waals surface area contributed by atoms with E-state index in [1.165, 1.54) is 18.0 Å². The van der Waals surface area contributed by atoms with Crippen LogP contribution >= 0.6 is 34.5 Å². The number of thiophene rings is 1. The number of benzene rings is 1. The Morgan fingerprint density at radius 3 is 2.57 bits per heavy atom. The molecule has 2 aromatic heterocycles. The largest absolute Gasteiger partial charge is 0.459 e. The highest BCUT2D eigenvalue weighted by Gasteiger charge is 2.21. The molecule has 0 saturated carbocycles. The van der Waals surface area contributed by atoms with Crippen molar-refractivity contribution in [2.75, 3.05) is 25.6 Å². The molecular formula is C19H17Cl2N3O5S. The average molecular weight is 470 g/mol. The highest BCUT2D eigenvalue weighted by atomic mass is 35.5. The summed E-state index contributed by atoms with van der Waals surface area (Å²) in [5, 5.41) is 3.66. The minimum absolute atomic E-state index is 0.106. The van der Waals surface area contributed by atoms with Crippen LogP contribution in [0.3, 0.4) is 0 Å². The second-order valence-corrected chi connectivity index (χ2v) is 8.12. The van der Waals surface area contributed by atoms with Gasteiger partial charge in [-0.15, -0.1) is 11.3 Å². The number of methoxy groups -OCH3 is 1. The van der Waals surface area contributed by atoms with Gasteiger partial charge in [-0.05, 0) is 30.7 Å². The Balaban J connectivity index is 1.82. The van der Waals surface area contributed by atoms with Crippen molar-refractivity contribution in [1.29, 1.82) is 0 Å². The van der Waals surface area contributed by atoms with E-state index in [0.717, 1.165) is 11.3 Å². The van der Waals surface area contributed by atoms with Gasteiger partial charge in [-0.1, -0.05) is 23.2 Å². The predicted molar refractivity (Wildman–Crippen MR) is 116 cm³/mol. The first-order chi connectivity index (χ1) is 14.3. The third-order valence-corrected chi connectivity index (χ3v) is 5.70. The molecule has 8 nitrogen and oxygen atoms in total. The van der Waals surface area contributed by atoms with Crippen molar-refractivity contribution in [2.24, 2.45) is 0 Å². The Bertz CT molecular complexity index is 1150. The van der Waals surface area contributed by atoms with E-state index in [2.05, 4.69) is 10.3 Å². The lowest BCUT2D eigenvalue weighted by molar-refractivity contribution is -0.116. The van der Waals surface area contributed by atoms with Gasteiger partial charge in [0, 0.05) is 22.8 Å². The van der Waals surface area contributed by atoms with Gasteiger partial charge in [-0.2, -0.15) is 0 Å². The summed E-state index contributed by atoms with van der Waals surface area (Å²) in [4.78, 5) is 42.4. The van der Waals surface area contributed by atoms with E-state index >= 15 is 0 Å². The zero-order chi connectivity index (χ0) is 21.8. The molecule has 158 valence electrons. The first kappa shape index (κ1) is 22.2. The number of anilines is 1. The van der Waals surface area contributed by atoms with Crippen LogP contribution in [0.1, 0.15) is 15.2 Å². The molecule has 0 aliphatic carbocycles. The van der Waals surface area contributed by atoms with Crippen LogP contribution in [0.15, 0.2) is 29.3 Å². The first-order valence-electron chi connectivity index (χ1n) is 8.70. The van der Waals surface area contributed by atoms with Crippen LogP contribution in [-0.4, -0.2) is 41.8 Å². The lowest BCUT2D eigenvalue weighted by Crippen LogP contribution is -2.27. The smallest absolute Gasteiger partial charge is 0.348 e. The molecule has 11 heteroatoms. The molecule has 0 unspecified atom stereocenters. The number of ether oxygens (including phenoxy) is 2. The number of hydrogen-bond donors (Lipinski definition) is 1. The zero-order valence-electron chi connectivity index (χ0n) is 16.0. The summed E-state index contributed by atoms with van der Waals surface area (Å²) < 4.78 is 11.1. The van der Waals surface area contributed by atoms with Crippen molar-refractivity contribution in [3.8, 4) is 0 Å². The molecule has 0 aliphatic heterocycles. The molecule has 3 aromatic rings. The molecule has 0 spiro atoms. The van der Waals surface area contributed by atoms with Crippen LogP contribution in [0, 0.1) is 6.92 Å². The summed E-state index contributed by atoms with van der Waals surface area (Å²) >= 11 is 12.9. The van der Waals surface area contributed by atoms with E-state index in [-0.39, 0.29) is 25.1 Å². The summed E-state index contributed by atoms with van der Waals surface area (Å²) in [6.07, 6.45) is 1.27. The number of amides is 1. The van der Waals surface area contributed by atoms with Crippen LogP contribution in [0.4, 0.5) is 5.69 Å². The third kappa shape index (κ3) is 4.99. The number of aromatic nitrogens is 2. The third-order valence-electron chi connectivity index (χ3n) is 4.08. The number of nitrogens with one attached hydrogen (secondary N) is 1. The molecule has 1 N–H and O–H groups in total. The molecule has 0 aliphatic rings. The molecule has 30 heavy (non-hydrogen) atoms. The van der Waals surface area contributed by atoms with Gasteiger partial charge in [0.25, 0.3) is 5.56 Å². The van der Waals surface area contributed by atoms with Gasteiger partial charge in [0.05, 0.1) is 18.3 Å². The fourth-order valence-electron chi connectivity index (χ4n) is 2.73. The van der Waals surface area contributed by atoms with E-state index in [9.17, 15) is 14.4 Å². The average Bonchev–Trinajstić information content (AvgIpc) is 3.00. The molecule has 0 atom stereocenters. The van der Waals surface area contributed by atoms with E-state index in [0.29, 0.717) is 31.0 Å².